The number of amides is 2. The topological polar surface area (TPSA) is 61.4 Å². The minimum Gasteiger partial charge on any atom is -0.345 e. The van der Waals surface area contributed by atoms with E-state index < -0.39 is 0 Å². The average Bonchev–Trinajstić information content (AvgIpc) is 2.98. The maximum Gasteiger partial charge on any atom is 0.251 e. The van der Waals surface area contributed by atoms with Gasteiger partial charge in [-0.15, -0.1) is 12.4 Å². The van der Waals surface area contributed by atoms with Crippen molar-refractivity contribution in [1.29, 1.82) is 0 Å². The van der Waals surface area contributed by atoms with Gasteiger partial charge in [-0.25, -0.2) is 0 Å². The van der Waals surface area contributed by atoms with Gasteiger partial charge < -0.3 is 15.5 Å². The molecule has 3 rings (SSSR count). The van der Waals surface area contributed by atoms with E-state index in [1.807, 2.05) is 66.4 Å². The third-order valence-corrected chi connectivity index (χ3v) is 4.89. The first-order valence-electron chi connectivity index (χ1n) is 9.54. The van der Waals surface area contributed by atoms with Crippen LogP contribution in [0.1, 0.15) is 40.4 Å². The number of aryl methyl sites for hydroxylation is 1. The highest BCUT2D eigenvalue weighted by atomic mass is 35.5. The molecule has 2 N–H and O–H groups in total. The lowest BCUT2D eigenvalue weighted by Gasteiger charge is -2.24. The number of hydrogen-bond acceptors (Lipinski definition) is 3. The first-order valence-corrected chi connectivity index (χ1v) is 9.54. The van der Waals surface area contributed by atoms with E-state index in [2.05, 4.69) is 10.6 Å². The lowest BCUT2D eigenvalue weighted by Crippen LogP contribution is -2.38. The molecule has 2 aromatic carbocycles. The van der Waals surface area contributed by atoms with Gasteiger partial charge in [0.15, 0.2) is 0 Å². The fourth-order valence-electron chi connectivity index (χ4n) is 3.28. The second-order valence-corrected chi connectivity index (χ2v) is 6.99. The minimum atomic E-state index is -0.344. The molecule has 6 heteroatoms. The molecule has 1 aliphatic heterocycles. The van der Waals surface area contributed by atoms with Crippen LogP contribution in [-0.2, 0) is 4.79 Å². The van der Waals surface area contributed by atoms with Gasteiger partial charge in [-0.2, -0.15) is 0 Å². The van der Waals surface area contributed by atoms with E-state index >= 15 is 0 Å². The molecule has 0 aliphatic carbocycles. The SMILES string of the molecule is Cc1ccc(C(=O)NC(CC(=O)N2CCCNCC2)c2ccccc2)cc1.Cl. The summed E-state index contributed by atoms with van der Waals surface area (Å²) in [7, 11) is 0. The summed E-state index contributed by atoms with van der Waals surface area (Å²) in [5.41, 5.74) is 2.66. The lowest BCUT2D eigenvalue weighted by atomic mass is 10.0. The van der Waals surface area contributed by atoms with Gasteiger partial charge in [0.25, 0.3) is 5.91 Å². The molecule has 0 aromatic heterocycles. The molecule has 1 saturated heterocycles. The van der Waals surface area contributed by atoms with Crippen molar-refractivity contribution in [3.05, 3.63) is 71.3 Å². The Hall–Kier alpha value is -2.37. The molecule has 1 fully saturated rings. The molecule has 2 amide bonds. The van der Waals surface area contributed by atoms with Gasteiger partial charge in [0.05, 0.1) is 12.5 Å². The van der Waals surface area contributed by atoms with Crippen LogP contribution in [0.15, 0.2) is 54.6 Å². The van der Waals surface area contributed by atoms with Gasteiger partial charge >= 0.3 is 0 Å². The summed E-state index contributed by atoms with van der Waals surface area (Å²) in [5.74, 6) is -0.0778. The highest BCUT2D eigenvalue weighted by Crippen LogP contribution is 2.19. The Balaban J connectivity index is 0.00000280. The van der Waals surface area contributed by atoms with Crippen LogP contribution >= 0.6 is 12.4 Å². The van der Waals surface area contributed by atoms with Crippen LogP contribution in [0, 0.1) is 6.92 Å². The van der Waals surface area contributed by atoms with Crippen molar-refractivity contribution in [3.63, 3.8) is 0 Å². The molecule has 1 atom stereocenters. The number of carbonyl (C=O) groups excluding carboxylic acids is 2. The molecule has 28 heavy (non-hydrogen) atoms. The van der Waals surface area contributed by atoms with Crippen molar-refractivity contribution in [3.8, 4) is 0 Å². The molecule has 150 valence electrons. The third kappa shape index (κ3) is 6.08. The molecule has 2 aromatic rings. The Morgan fingerprint density at radius 1 is 1.04 bits per heavy atom. The van der Waals surface area contributed by atoms with Crippen LogP contribution in [-0.4, -0.2) is 42.9 Å². The van der Waals surface area contributed by atoms with E-state index in [9.17, 15) is 9.59 Å². The number of carbonyl (C=O) groups is 2. The van der Waals surface area contributed by atoms with E-state index in [4.69, 9.17) is 0 Å². The van der Waals surface area contributed by atoms with Crippen molar-refractivity contribution in [2.75, 3.05) is 26.2 Å². The summed E-state index contributed by atoms with van der Waals surface area (Å²) in [6.07, 6.45) is 1.22. The van der Waals surface area contributed by atoms with Crippen LogP contribution in [0.2, 0.25) is 0 Å². The first-order chi connectivity index (χ1) is 13.1. The maximum absolute atomic E-state index is 12.8. The van der Waals surface area contributed by atoms with Crippen molar-refractivity contribution in [2.45, 2.75) is 25.8 Å². The maximum atomic E-state index is 12.8. The predicted octanol–water partition coefficient (Wildman–Crippen LogP) is 3.10. The first kappa shape index (κ1) is 21.9. The lowest BCUT2D eigenvalue weighted by molar-refractivity contribution is -0.131. The average molecular weight is 402 g/mol. The summed E-state index contributed by atoms with van der Waals surface area (Å²) < 4.78 is 0. The number of nitrogens with one attached hydrogen (secondary N) is 2. The van der Waals surface area contributed by atoms with Crippen LogP contribution < -0.4 is 10.6 Å². The summed E-state index contributed by atoms with van der Waals surface area (Å²) in [4.78, 5) is 27.4. The van der Waals surface area contributed by atoms with Crippen LogP contribution in [0.25, 0.3) is 0 Å². The van der Waals surface area contributed by atoms with Crippen molar-refractivity contribution in [1.82, 2.24) is 15.5 Å². The monoisotopic (exact) mass is 401 g/mol. The van der Waals surface area contributed by atoms with E-state index in [0.29, 0.717) is 12.1 Å². The van der Waals surface area contributed by atoms with Gasteiger partial charge in [0.2, 0.25) is 5.91 Å². The predicted molar refractivity (Wildman–Crippen MR) is 114 cm³/mol. The molecule has 1 heterocycles. The zero-order chi connectivity index (χ0) is 19.1. The quantitative estimate of drug-likeness (QED) is 0.809. The molecular weight excluding hydrogens is 374 g/mol. The van der Waals surface area contributed by atoms with E-state index in [0.717, 1.165) is 37.2 Å². The van der Waals surface area contributed by atoms with Gasteiger partial charge in [-0.05, 0) is 37.6 Å². The van der Waals surface area contributed by atoms with Crippen molar-refractivity contribution in [2.24, 2.45) is 0 Å². The summed E-state index contributed by atoms with van der Waals surface area (Å²) in [6.45, 7) is 5.22. The number of hydrogen-bond donors (Lipinski definition) is 2. The van der Waals surface area contributed by atoms with E-state index in [1.54, 1.807) is 0 Å². The molecule has 0 spiro atoms. The number of benzene rings is 2. The standard InChI is InChI=1S/C22H27N3O2.ClH/c1-17-8-10-19(11-9-17)22(27)24-20(18-6-3-2-4-7-18)16-21(26)25-14-5-12-23-13-15-25;/h2-4,6-11,20,23H,5,12-16H2,1H3,(H,24,27);1H. The Bertz CT molecular complexity index is 757. The van der Waals surface area contributed by atoms with Crippen LogP contribution in [0.4, 0.5) is 0 Å². The normalized spacial score (nSPS) is 15.1. The Morgan fingerprint density at radius 3 is 2.46 bits per heavy atom. The molecule has 5 nitrogen and oxygen atoms in total. The smallest absolute Gasteiger partial charge is 0.251 e. The fraction of sp³-hybridized carbons (Fsp3) is 0.364. The minimum absolute atomic E-state index is 0. The van der Waals surface area contributed by atoms with Crippen molar-refractivity contribution >= 4 is 24.2 Å². The van der Waals surface area contributed by atoms with Crippen LogP contribution in [0.5, 0.6) is 0 Å². The molecular formula is C22H28ClN3O2. The number of halogens is 1. The molecule has 0 bridgehead atoms. The summed E-state index contributed by atoms with van der Waals surface area (Å²) in [6, 6.07) is 16.8. The van der Waals surface area contributed by atoms with Gasteiger partial charge in [0, 0.05) is 25.2 Å². The fourth-order valence-corrected chi connectivity index (χ4v) is 3.28. The number of nitrogens with zero attached hydrogens (tertiary/aromatic N) is 1. The van der Waals surface area contributed by atoms with Crippen molar-refractivity contribution < 1.29 is 9.59 Å². The molecule has 1 aliphatic rings. The second-order valence-electron chi connectivity index (χ2n) is 6.99. The highest BCUT2D eigenvalue weighted by molar-refractivity contribution is 5.94. The van der Waals surface area contributed by atoms with Crippen LogP contribution in [0.3, 0.4) is 0 Å². The van der Waals surface area contributed by atoms with Gasteiger partial charge in [-0.3, -0.25) is 9.59 Å². The zero-order valence-electron chi connectivity index (χ0n) is 16.2. The molecule has 1 unspecified atom stereocenters. The summed E-state index contributed by atoms with van der Waals surface area (Å²) >= 11 is 0. The van der Waals surface area contributed by atoms with E-state index in [1.165, 1.54) is 0 Å². The largest absolute Gasteiger partial charge is 0.345 e. The van der Waals surface area contributed by atoms with Gasteiger partial charge in [0.1, 0.15) is 0 Å². The van der Waals surface area contributed by atoms with E-state index in [-0.39, 0.29) is 36.7 Å². The third-order valence-electron chi connectivity index (χ3n) is 4.89. The Labute approximate surface area is 172 Å². The second kappa shape index (κ2) is 10.8. The zero-order valence-corrected chi connectivity index (χ0v) is 17.0. The molecule has 0 radical (unpaired) electrons. The summed E-state index contributed by atoms with van der Waals surface area (Å²) in [5, 5.41) is 6.36. The molecule has 0 saturated carbocycles. The Kier molecular flexibility index (Phi) is 8.48. The highest BCUT2D eigenvalue weighted by Gasteiger charge is 2.23. The van der Waals surface area contributed by atoms with Gasteiger partial charge in [-0.1, -0.05) is 48.0 Å². The number of rotatable bonds is 5. The Morgan fingerprint density at radius 2 is 1.75 bits per heavy atom.